The maximum atomic E-state index is 13.7. The van der Waals surface area contributed by atoms with Crippen LogP contribution < -0.4 is 8.92 Å². The average Bonchev–Trinajstić information content (AvgIpc) is 2.26. The Kier molecular flexibility index (Phi) is 3.08. The second-order valence-electron chi connectivity index (χ2n) is 3.73. The smallest absolute Gasteiger partial charge is 0.306 e. The van der Waals surface area contributed by atoms with E-state index in [0.29, 0.717) is 11.9 Å². The van der Waals surface area contributed by atoms with E-state index in [1.54, 1.807) is 0 Å². The number of aldehydes is 1. The van der Waals surface area contributed by atoms with Crippen molar-refractivity contribution < 1.29 is 26.5 Å². The number of hydrogen-bond acceptors (Lipinski definition) is 5. The molecule has 1 aliphatic rings. The van der Waals surface area contributed by atoms with Crippen LogP contribution >= 0.6 is 0 Å². The van der Waals surface area contributed by atoms with Crippen LogP contribution in [0.1, 0.15) is 5.56 Å². The molecule has 0 spiro atoms. The predicted octanol–water partition coefficient (Wildman–Crippen LogP) is 1.14. The van der Waals surface area contributed by atoms with E-state index in [1.165, 1.54) is 12.1 Å². The molecule has 0 saturated heterocycles. The van der Waals surface area contributed by atoms with Crippen molar-refractivity contribution in [2.75, 3.05) is 12.9 Å². The molecule has 0 N–H and O–H groups in total. The summed E-state index contributed by atoms with van der Waals surface area (Å²) in [5, 5.41) is 0. The fourth-order valence-corrected chi connectivity index (χ4v) is 1.95. The molecule has 1 heterocycles. The van der Waals surface area contributed by atoms with Gasteiger partial charge in [-0.3, -0.25) is 4.79 Å². The Morgan fingerprint density at radius 3 is 2.78 bits per heavy atom. The summed E-state index contributed by atoms with van der Waals surface area (Å²) in [7, 11) is -3.73. The highest BCUT2D eigenvalue weighted by Gasteiger charge is 2.18. The number of fused-ring (bicyclic) bond motifs is 1. The molecule has 0 radical (unpaired) electrons. The standard InChI is InChI=1S/C11H9FO5S/c1-18(14,15)17-8-3-10(12)9-2-7(5-13)6-16-11(9)4-8/h2-5H,6H2,1H3. The van der Waals surface area contributed by atoms with Crippen molar-refractivity contribution >= 4 is 22.5 Å². The summed E-state index contributed by atoms with van der Waals surface area (Å²) in [6.07, 6.45) is 2.78. The van der Waals surface area contributed by atoms with Gasteiger partial charge in [-0.05, 0) is 6.08 Å². The van der Waals surface area contributed by atoms with Gasteiger partial charge in [-0.15, -0.1) is 0 Å². The molecule has 18 heavy (non-hydrogen) atoms. The summed E-state index contributed by atoms with van der Waals surface area (Å²) in [6.45, 7) is 0.0122. The third kappa shape index (κ3) is 2.67. The van der Waals surface area contributed by atoms with Crippen LogP contribution in [0.25, 0.3) is 6.08 Å². The van der Waals surface area contributed by atoms with Gasteiger partial charge in [-0.2, -0.15) is 8.42 Å². The quantitative estimate of drug-likeness (QED) is 0.609. The van der Waals surface area contributed by atoms with Crippen molar-refractivity contribution in [3.05, 3.63) is 29.1 Å². The molecule has 0 saturated carbocycles. The Morgan fingerprint density at radius 2 is 2.17 bits per heavy atom. The largest absolute Gasteiger partial charge is 0.488 e. The third-order valence-corrected chi connectivity index (χ3v) is 2.68. The molecular formula is C11H9FO5S. The van der Waals surface area contributed by atoms with Gasteiger partial charge in [0.1, 0.15) is 30.2 Å². The van der Waals surface area contributed by atoms with Crippen LogP contribution in [0.2, 0.25) is 0 Å². The molecule has 0 amide bonds. The first-order valence-corrected chi connectivity index (χ1v) is 6.72. The number of halogens is 1. The maximum absolute atomic E-state index is 13.7. The Labute approximate surface area is 103 Å². The van der Waals surface area contributed by atoms with E-state index in [0.717, 1.165) is 12.3 Å². The highest BCUT2D eigenvalue weighted by Crippen LogP contribution is 2.33. The van der Waals surface area contributed by atoms with Gasteiger partial charge in [-0.1, -0.05) is 0 Å². The lowest BCUT2D eigenvalue weighted by Gasteiger charge is -2.16. The fraction of sp³-hybridized carbons (Fsp3) is 0.182. The zero-order valence-corrected chi connectivity index (χ0v) is 10.2. The third-order valence-electron chi connectivity index (χ3n) is 2.19. The molecule has 0 bridgehead atoms. The molecule has 1 aromatic carbocycles. The molecule has 0 atom stereocenters. The second-order valence-corrected chi connectivity index (χ2v) is 5.31. The topological polar surface area (TPSA) is 69.7 Å². The predicted molar refractivity (Wildman–Crippen MR) is 61.4 cm³/mol. The van der Waals surface area contributed by atoms with Crippen molar-refractivity contribution in [1.82, 2.24) is 0 Å². The number of hydrogen-bond donors (Lipinski definition) is 0. The molecule has 1 aromatic rings. The molecule has 2 rings (SSSR count). The van der Waals surface area contributed by atoms with Crippen molar-refractivity contribution in [2.45, 2.75) is 0 Å². The van der Waals surface area contributed by atoms with Crippen molar-refractivity contribution in [3.8, 4) is 11.5 Å². The normalized spacial score (nSPS) is 14.2. The van der Waals surface area contributed by atoms with Crippen LogP contribution in [-0.2, 0) is 14.9 Å². The highest BCUT2D eigenvalue weighted by molar-refractivity contribution is 7.86. The zero-order chi connectivity index (χ0) is 13.3. The van der Waals surface area contributed by atoms with Crippen LogP contribution in [-0.4, -0.2) is 27.6 Å². The monoisotopic (exact) mass is 272 g/mol. The molecule has 0 fully saturated rings. The molecule has 0 unspecified atom stereocenters. The fourth-order valence-electron chi connectivity index (χ4n) is 1.51. The van der Waals surface area contributed by atoms with E-state index < -0.39 is 15.9 Å². The summed E-state index contributed by atoms with van der Waals surface area (Å²) in [6, 6.07) is 2.19. The lowest BCUT2D eigenvalue weighted by atomic mass is 10.1. The summed E-state index contributed by atoms with van der Waals surface area (Å²) >= 11 is 0. The first-order valence-electron chi connectivity index (χ1n) is 4.90. The summed E-state index contributed by atoms with van der Waals surface area (Å²) in [4.78, 5) is 10.6. The van der Waals surface area contributed by atoms with Crippen LogP contribution in [0.4, 0.5) is 4.39 Å². The summed E-state index contributed by atoms with van der Waals surface area (Å²) in [5.74, 6) is -0.749. The van der Waals surface area contributed by atoms with Crippen LogP contribution in [0.3, 0.4) is 0 Å². The summed E-state index contributed by atoms with van der Waals surface area (Å²) in [5.41, 5.74) is 0.405. The van der Waals surface area contributed by atoms with Crippen molar-refractivity contribution in [3.63, 3.8) is 0 Å². The Morgan fingerprint density at radius 1 is 1.44 bits per heavy atom. The van der Waals surface area contributed by atoms with Crippen molar-refractivity contribution in [2.24, 2.45) is 0 Å². The minimum Gasteiger partial charge on any atom is -0.488 e. The highest BCUT2D eigenvalue weighted by atomic mass is 32.2. The van der Waals surface area contributed by atoms with Crippen LogP contribution in [0.5, 0.6) is 11.5 Å². The lowest BCUT2D eigenvalue weighted by molar-refractivity contribution is -0.105. The molecule has 0 aromatic heterocycles. The van der Waals surface area contributed by atoms with Gasteiger partial charge in [0.2, 0.25) is 0 Å². The van der Waals surface area contributed by atoms with Gasteiger partial charge >= 0.3 is 10.1 Å². The second kappa shape index (κ2) is 4.41. The number of ether oxygens (including phenoxy) is 1. The maximum Gasteiger partial charge on any atom is 0.306 e. The minimum atomic E-state index is -3.73. The van der Waals surface area contributed by atoms with Gasteiger partial charge in [-0.25, -0.2) is 4.39 Å². The SMILES string of the molecule is CS(=O)(=O)Oc1cc(F)c2c(c1)OCC(C=O)=C2. The van der Waals surface area contributed by atoms with E-state index in [-0.39, 0.29) is 23.7 Å². The molecule has 7 heteroatoms. The molecular weight excluding hydrogens is 263 g/mol. The Balaban J connectivity index is 2.46. The zero-order valence-electron chi connectivity index (χ0n) is 9.34. The lowest BCUT2D eigenvalue weighted by Crippen LogP contribution is -2.11. The number of benzene rings is 1. The van der Waals surface area contributed by atoms with Crippen molar-refractivity contribution in [1.29, 1.82) is 0 Å². The van der Waals surface area contributed by atoms with E-state index in [2.05, 4.69) is 4.18 Å². The van der Waals surface area contributed by atoms with E-state index >= 15 is 0 Å². The number of rotatable bonds is 3. The molecule has 0 aliphatic carbocycles. The van der Waals surface area contributed by atoms with E-state index in [4.69, 9.17) is 4.74 Å². The number of carbonyl (C=O) groups is 1. The van der Waals surface area contributed by atoms with Gasteiger partial charge in [0, 0.05) is 17.7 Å². The van der Waals surface area contributed by atoms with Crippen LogP contribution in [0, 0.1) is 5.82 Å². The first-order chi connectivity index (χ1) is 8.39. The van der Waals surface area contributed by atoms with Gasteiger partial charge in [0.15, 0.2) is 0 Å². The van der Waals surface area contributed by atoms with Gasteiger partial charge < -0.3 is 8.92 Å². The molecule has 96 valence electrons. The minimum absolute atomic E-state index is 0.0122. The van der Waals surface area contributed by atoms with Gasteiger partial charge in [0.25, 0.3) is 0 Å². The Bertz CT molecular complexity index is 633. The Hall–Kier alpha value is -1.89. The van der Waals surface area contributed by atoms with E-state index in [9.17, 15) is 17.6 Å². The van der Waals surface area contributed by atoms with E-state index in [1.807, 2.05) is 0 Å². The van der Waals surface area contributed by atoms with Crippen LogP contribution in [0.15, 0.2) is 17.7 Å². The number of carbonyl (C=O) groups excluding carboxylic acids is 1. The average molecular weight is 272 g/mol. The molecule has 1 aliphatic heterocycles. The van der Waals surface area contributed by atoms with Gasteiger partial charge in [0.05, 0.1) is 11.8 Å². The first kappa shape index (κ1) is 12.6. The summed E-state index contributed by atoms with van der Waals surface area (Å²) < 4.78 is 45.3. The molecule has 5 nitrogen and oxygen atoms in total.